The average molecular weight is 579 g/mol. The number of benzene rings is 1. The summed E-state index contributed by atoms with van der Waals surface area (Å²) < 4.78 is 22.4. The number of hydrogen-bond donors (Lipinski definition) is 3. The number of aromatic carboxylic acids is 1. The lowest BCUT2D eigenvalue weighted by Crippen LogP contribution is -2.51. The first-order chi connectivity index (χ1) is 18.7. The Kier molecular flexibility index (Phi) is 8.35. The van der Waals surface area contributed by atoms with Crippen LogP contribution in [0.15, 0.2) is 17.1 Å². The summed E-state index contributed by atoms with van der Waals surface area (Å²) >= 11 is 6.74. The molecule has 2 atom stereocenters. The number of carboxylic acid groups (broad SMARTS) is 1. The third-order valence-electron chi connectivity index (χ3n) is 6.92. The number of hydrogen-bond acceptors (Lipinski definition) is 6. The Hall–Kier alpha value is -3.34. The number of carboxylic acids is 1. The molecule has 218 valence electrons. The minimum Gasteiger partial charge on any atom is -0.477 e. The number of alkyl carbamates (subject to hydrolysis) is 1. The molecule has 2 heterocycles. The number of rotatable bonds is 8. The maximum atomic E-state index is 15.5. The van der Waals surface area contributed by atoms with E-state index >= 15 is 4.39 Å². The standard InChI is InChI=1S/C28H36ClFN4O6/c1-14(2)10-20(32-27(39)40-28(3,4)5)25(36)31-15-8-9-33(12-15)23-19(30)11-17-22(21(23)29)34(16-6-7-16)13-18(24(17)35)26(37)38/h11,13-16,20H,6-10,12H2,1-5H3,(H,31,36)(H,32,39)(H,37,38). The molecule has 2 aromatic rings. The largest absolute Gasteiger partial charge is 0.477 e. The van der Waals surface area contributed by atoms with Gasteiger partial charge < -0.3 is 29.9 Å². The first-order valence-corrected chi connectivity index (χ1v) is 13.9. The molecule has 2 amide bonds. The van der Waals surface area contributed by atoms with Crippen LogP contribution in [0.25, 0.3) is 10.9 Å². The highest BCUT2D eigenvalue weighted by Crippen LogP contribution is 2.42. The van der Waals surface area contributed by atoms with Gasteiger partial charge in [0, 0.05) is 31.4 Å². The Morgan fingerprint density at radius 1 is 1.23 bits per heavy atom. The van der Waals surface area contributed by atoms with Crippen molar-refractivity contribution in [2.75, 3.05) is 18.0 Å². The van der Waals surface area contributed by atoms with Crippen molar-refractivity contribution in [3.05, 3.63) is 38.9 Å². The van der Waals surface area contributed by atoms with Crippen molar-refractivity contribution >= 4 is 46.2 Å². The number of halogens is 2. The van der Waals surface area contributed by atoms with Crippen LogP contribution in [0.4, 0.5) is 14.9 Å². The van der Waals surface area contributed by atoms with E-state index < -0.39 is 40.5 Å². The van der Waals surface area contributed by atoms with Gasteiger partial charge in [0.15, 0.2) is 0 Å². The summed E-state index contributed by atoms with van der Waals surface area (Å²) in [6.07, 6.45) is 3.12. The van der Waals surface area contributed by atoms with Gasteiger partial charge in [0.2, 0.25) is 11.3 Å². The molecule has 2 aliphatic rings. The van der Waals surface area contributed by atoms with Crippen molar-refractivity contribution in [2.24, 2.45) is 5.92 Å². The molecule has 3 N–H and O–H groups in total. The monoisotopic (exact) mass is 578 g/mol. The number of pyridine rings is 1. The summed E-state index contributed by atoms with van der Waals surface area (Å²) in [5.41, 5.74) is -1.51. The average Bonchev–Trinajstić information content (AvgIpc) is 3.57. The molecule has 10 nitrogen and oxygen atoms in total. The van der Waals surface area contributed by atoms with E-state index in [9.17, 15) is 24.3 Å². The molecule has 1 aliphatic heterocycles. The Morgan fingerprint density at radius 2 is 1.90 bits per heavy atom. The number of nitrogens with zero attached hydrogens (tertiary/aromatic N) is 2. The van der Waals surface area contributed by atoms with Crippen LogP contribution in [-0.4, -0.2) is 58.4 Å². The van der Waals surface area contributed by atoms with Gasteiger partial charge in [0.1, 0.15) is 23.0 Å². The van der Waals surface area contributed by atoms with E-state index in [1.165, 1.54) is 6.20 Å². The fraction of sp³-hybridized carbons (Fsp3) is 0.571. The summed E-state index contributed by atoms with van der Waals surface area (Å²) in [5, 5.41) is 15.1. The Balaban J connectivity index is 1.56. The molecular weight excluding hydrogens is 543 g/mol. The summed E-state index contributed by atoms with van der Waals surface area (Å²) in [6.45, 7) is 9.76. The van der Waals surface area contributed by atoms with Gasteiger partial charge in [0.05, 0.1) is 21.6 Å². The highest BCUT2D eigenvalue weighted by Gasteiger charge is 2.34. The van der Waals surface area contributed by atoms with Gasteiger partial charge in [-0.05, 0) is 58.4 Å². The van der Waals surface area contributed by atoms with Crippen LogP contribution in [0.1, 0.15) is 76.7 Å². The number of aromatic nitrogens is 1. The van der Waals surface area contributed by atoms with Crippen LogP contribution in [0.3, 0.4) is 0 Å². The third kappa shape index (κ3) is 6.51. The van der Waals surface area contributed by atoms with Gasteiger partial charge in [-0.15, -0.1) is 0 Å². The van der Waals surface area contributed by atoms with E-state index in [1.807, 2.05) is 13.8 Å². The fourth-order valence-corrected chi connectivity index (χ4v) is 5.46. The minimum atomic E-state index is -1.38. The molecule has 1 aromatic carbocycles. The van der Waals surface area contributed by atoms with Crippen LogP contribution in [0.5, 0.6) is 0 Å². The second-order valence-corrected chi connectivity index (χ2v) is 12.4. The van der Waals surface area contributed by atoms with Gasteiger partial charge in [-0.2, -0.15) is 0 Å². The van der Waals surface area contributed by atoms with E-state index in [2.05, 4.69) is 10.6 Å². The quantitative estimate of drug-likeness (QED) is 0.421. The van der Waals surface area contributed by atoms with Gasteiger partial charge >= 0.3 is 12.1 Å². The van der Waals surface area contributed by atoms with Crippen LogP contribution in [0.2, 0.25) is 5.02 Å². The van der Waals surface area contributed by atoms with Gasteiger partial charge in [0.25, 0.3) is 0 Å². The summed E-state index contributed by atoms with van der Waals surface area (Å²) in [5.74, 6) is -2.35. The zero-order valence-corrected chi connectivity index (χ0v) is 24.1. The second-order valence-electron chi connectivity index (χ2n) is 12.0. The predicted octanol–water partition coefficient (Wildman–Crippen LogP) is 4.46. The second kappa shape index (κ2) is 11.3. The first kappa shape index (κ1) is 29.6. The molecule has 1 saturated carbocycles. The summed E-state index contributed by atoms with van der Waals surface area (Å²) in [7, 11) is 0. The molecular formula is C28H36ClFN4O6. The molecule has 2 fully saturated rings. The Morgan fingerprint density at radius 3 is 2.48 bits per heavy atom. The molecule has 1 aromatic heterocycles. The lowest BCUT2D eigenvalue weighted by atomic mass is 10.0. The van der Waals surface area contributed by atoms with Crippen LogP contribution in [-0.2, 0) is 9.53 Å². The number of amides is 2. The van der Waals surface area contributed by atoms with Crippen molar-refractivity contribution in [3.63, 3.8) is 0 Å². The lowest BCUT2D eigenvalue weighted by Gasteiger charge is -2.26. The minimum absolute atomic E-state index is 0.0158. The fourth-order valence-electron chi connectivity index (χ4n) is 5.05. The molecule has 1 aliphatic carbocycles. The zero-order chi connectivity index (χ0) is 29.5. The highest BCUT2D eigenvalue weighted by atomic mass is 35.5. The van der Waals surface area contributed by atoms with Crippen molar-refractivity contribution in [1.29, 1.82) is 0 Å². The molecule has 1 saturated heterocycles. The number of carbonyl (C=O) groups excluding carboxylic acids is 2. The smallest absolute Gasteiger partial charge is 0.408 e. The SMILES string of the molecule is CC(C)CC(NC(=O)OC(C)(C)C)C(=O)NC1CCN(c2c(F)cc3c(=O)c(C(=O)O)cn(C4CC4)c3c2Cl)C1. The van der Waals surface area contributed by atoms with E-state index in [0.717, 1.165) is 18.9 Å². The first-order valence-electron chi connectivity index (χ1n) is 13.5. The van der Waals surface area contributed by atoms with Crippen molar-refractivity contribution in [1.82, 2.24) is 15.2 Å². The van der Waals surface area contributed by atoms with Gasteiger partial charge in [-0.1, -0.05) is 25.4 Å². The summed E-state index contributed by atoms with van der Waals surface area (Å²) in [6, 6.07) is -0.104. The number of ether oxygens (including phenoxy) is 1. The predicted molar refractivity (Wildman–Crippen MR) is 150 cm³/mol. The van der Waals surface area contributed by atoms with Crippen LogP contribution < -0.4 is 21.0 Å². The Labute approximate surface area is 236 Å². The van der Waals surface area contributed by atoms with E-state index in [0.29, 0.717) is 24.9 Å². The maximum absolute atomic E-state index is 15.5. The van der Waals surface area contributed by atoms with Crippen molar-refractivity contribution < 1.29 is 28.6 Å². The van der Waals surface area contributed by atoms with E-state index in [-0.39, 0.29) is 46.5 Å². The van der Waals surface area contributed by atoms with Gasteiger partial charge in [-0.25, -0.2) is 14.0 Å². The molecule has 2 unspecified atom stereocenters. The van der Waals surface area contributed by atoms with E-state index in [1.54, 1.807) is 30.2 Å². The molecule has 4 rings (SSSR count). The number of fused-ring (bicyclic) bond motifs is 1. The van der Waals surface area contributed by atoms with Crippen LogP contribution >= 0.6 is 11.6 Å². The zero-order valence-electron chi connectivity index (χ0n) is 23.3. The molecule has 0 bridgehead atoms. The number of carbonyl (C=O) groups is 3. The van der Waals surface area contributed by atoms with Crippen molar-refractivity contribution in [3.8, 4) is 0 Å². The topological polar surface area (TPSA) is 130 Å². The van der Waals surface area contributed by atoms with Gasteiger partial charge in [-0.3, -0.25) is 9.59 Å². The molecule has 0 spiro atoms. The highest BCUT2D eigenvalue weighted by molar-refractivity contribution is 6.38. The Bertz CT molecular complexity index is 1400. The third-order valence-corrected chi connectivity index (χ3v) is 7.28. The normalized spacial score (nSPS) is 18.2. The number of nitrogens with one attached hydrogen (secondary N) is 2. The lowest BCUT2D eigenvalue weighted by molar-refractivity contribution is -0.124. The van der Waals surface area contributed by atoms with Crippen molar-refractivity contribution in [2.45, 2.75) is 84.0 Å². The molecule has 0 radical (unpaired) electrons. The molecule has 12 heteroatoms. The summed E-state index contributed by atoms with van der Waals surface area (Å²) in [4.78, 5) is 51.7. The number of anilines is 1. The molecule has 40 heavy (non-hydrogen) atoms. The van der Waals surface area contributed by atoms with E-state index in [4.69, 9.17) is 16.3 Å². The van der Waals surface area contributed by atoms with Crippen LogP contribution in [0, 0.1) is 11.7 Å². The maximum Gasteiger partial charge on any atom is 0.408 e.